The number of piperidine rings is 2. The average molecular weight is 772 g/mol. The predicted octanol–water partition coefficient (Wildman–Crippen LogP) is 5.57. The largest absolute Gasteiger partial charge is 0.480 e. The fourth-order valence-electron chi connectivity index (χ4n) is 10.4. The molecule has 3 aliphatic heterocycles. The van der Waals surface area contributed by atoms with Crippen molar-refractivity contribution >= 4 is 49.1 Å². The summed E-state index contributed by atoms with van der Waals surface area (Å²) in [7, 11) is -1.45. The number of β-amino-alcohol motifs (C(OH)–C–C–N with tert-alkyl or cyclic N) is 1. The summed E-state index contributed by atoms with van der Waals surface area (Å²) in [6.45, 7) is 2.57. The summed E-state index contributed by atoms with van der Waals surface area (Å²) in [5.41, 5.74) is -0.248. The van der Waals surface area contributed by atoms with Crippen LogP contribution < -0.4 is 14.4 Å². The van der Waals surface area contributed by atoms with Crippen LogP contribution in [0, 0.1) is 23.6 Å². The Morgan fingerprint density at radius 1 is 1.11 bits per heavy atom. The molecule has 6 heterocycles. The van der Waals surface area contributed by atoms with Gasteiger partial charge in [0.15, 0.2) is 15.7 Å². The van der Waals surface area contributed by atoms with E-state index in [4.69, 9.17) is 31.0 Å². The molecule has 1 aromatic carbocycles. The molecule has 4 aromatic rings. The van der Waals surface area contributed by atoms with Gasteiger partial charge in [0.25, 0.3) is 0 Å². The predicted molar refractivity (Wildman–Crippen MR) is 197 cm³/mol. The van der Waals surface area contributed by atoms with Gasteiger partial charge in [0.2, 0.25) is 5.88 Å². The fourth-order valence-corrected chi connectivity index (χ4v) is 12.9. The van der Waals surface area contributed by atoms with E-state index < -0.39 is 27.9 Å². The molecule has 1 spiro atoms. The Balaban J connectivity index is 1.11. The molecule has 0 radical (unpaired) electrons. The summed E-state index contributed by atoms with van der Waals surface area (Å²) in [6, 6.07) is 2.46. The molecule has 2 N–H and O–H groups in total. The number of benzene rings is 1. The van der Waals surface area contributed by atoms with Crippen molar-refractivity contribution in [3.8, 4) is 23.1 Å². The highest BCUT2D eigenvalue weighted by molar-refractivity contribution is 7.92. The number of aryl methyl sites for hydroxylation is 1. The number of nitrogens with one attached hydrogen (secondary N) is 1. The molecule has 5 aliphatic rings. The van der Waals surface area contributed by atoms with Gasteiger partial charge in [0.1, 0.15) is 34.7 Å². The zero-order chi connectivity index (χ0) is 36.9. The summed E-state index contributed by atoms with van der Waals surface area (Å²) in [5, 5.41) is 19.2. The number of aromatic amines is 1. The maximum Gasteiger partial charge on any atom is 0.319 e. The Morgan fingerprint density at radius 3 is 2.64 bits per heavy atom. The van der Waals surface area contributed by atoms with Gasteiger partial charge in [-0.05, 0) is 76.5 Å². The zero-order valence-electron chi connectivity index (χ0n) is 29.9. The third kappa shape index (κ3) is 5.74. The second-order valence-electron chi connectivity index (χ2n) is 16.4. The van der Waals surface area contributed by atoms with Crippen LogP contribution in [0.4, 0.5) is 14.6 Å². The van der Waals surface area contributed by atoms with Crippen molar-refractivity contribution in [2.75, 3.05) is 56.4 Å². The van der Waals surface area contributed by atoms with Crippen LogP contribution >= 0.6 is 11.6 Å². The lowest BCUT2D eigenvalue weighted by molar-refractivity contribution is -0.0726. The SMILES string of the molecule is COc1nc(-c2c(Cl)c(C)cc3[nH]ncc23)c(F)c2nc(OC[C@]34CCC[C@H]3N(C3CC5(C3)CS(=O)(=O)C5)CCC4)nc(N3CCC[C@](O)(CF)C3)c12. The number of methoxy groups -OCH3 is 1. The molecule has 3 atom stereocenters. The highest BCUT2D eigenvalue weighted by atomic mass is 35.5. The van der Waals surface area contributed by atoms with Crippen molar-refractivity contribution in [1.82, 2.24) is 30.0 Å². The zero-order valence-corrected chi connectivity index (χ0v) is 31.5. The number of fused-ring (bicyclic) bond motifs is 3. The quantitative estimate of drug-likeness (QED) is 0.232. The number of alkyl halides is 1. The Bertz CT molecular complexity index is 2220. The lowest BCUT2D eigenvalue weighted by atomic mass is 9.64. The van der Waals surface area contributed by atoms with Gasteiger partial charge >= 0.3 is 6.01 Å². The first-order valence-electron chi connectivity index (χ1n) is 18.6. The van der Waals surface area contributed by atoms with Gasteiger partial charge in [-0.2, -0.15) is 15.1 Å². The molecule has 9 rings (SSSR count). The number of halogens is 3. The van der Waals surface area contributed by atoms with Crippen LogP contribution in [-0.2, 0) is 9.84 Å². The molecule has 53 heavy (non-hydrogen) atoms. The molecule has 284 valence electrons. The summed E-state index contributed by atoms with van der Waals surface area (Å²) >= 11 is 6.84. The van der Waals surface area contributed by atoms with Gasteiger partial charge in [0, 0.05) is 40.4 Å². The Hall–Kier alpha value is -3.40. The van der Waals surface area contributed by atoms with Crippen molar-refractivity contribution in [1.29, 1.82) is 0 Å². The maximum atomic E-state index is 17.2. The number of sulfone groups is 1. The molecule has 12 nitrogen and oxygen atoms in total. The van der Waals surface area contributed by atoms with Crippen LogP contribution in [-0.4, -0.2) is 113 Å². The van der Waals surface area contributed by atoms with E-state index in [0.717, 1.165) is 51.5 Å². The Morgan fingerprint density at radius 2 is 1.89 bits per heavy atom. The first-order chi connectivity index (χ1) is 25.4. The fraction of sp³-hybridized carbons (Fsp3) is 0.622. The van der Waals surface area contributed by atoms with Crippen molar-refractivity contribution in [2.45, 2.75) is 82.4 Å². The summed E-state index contributed by atoms with van der Waals surface area (Å²) in [6.07, 6.45) is 9.22. The minimum atomic E-state index is -2.88. The van der Waals surface area contributed by atoms with Gasteiger partial charge in [-0.1, -0.05) is 18.0 Å². The third-order valence-corrected chi connectivity index (χ3v) is 15.4. The second-order valence-corrected chi connectivity index (χ2v) is 18.9. The Labute approximate surface area is 311 Å². The van der Waals surface area contributed by atoms with Crippen LogP contribution in [0.2, 0.25) is 5.02 Å². The van der Waals surface area contributed by atoms with E-state index in [1.807, 2.05) is 13.0 Å². The van der Waals surface area contributed by atoms with Crippen LogP contribution in [0.1, 0.15) is 63.4 Å². The van der Waals surface area contributed by atoms with Crippen LogP contribution in [0.25, 0.3) is 33.1 Å². The first-order valence-corrected chi connectivity index (χ1v) is 20.8. The van der Waals surface area contributed by atoms with Gasteiger partial charge < -0.3 is 19.5 Å². The molecule has 0 amide bonds. The van der Waals surface area contributed by atoms with E-state index in [-0.39, 0.29) is 64.1 Å². The minimum absolute atomic E-state index is 0.0248. The topological polar surface area (TPSA) is 147 Å². The number of nitrogens with zero attached hydrogens (tertiary/aromatic N) is 6. The monoisotopic (exact) mass is 771 g/mol. The number of rotatable bonds is 8. The number of anilines is 1. The van der Waals surface area contributed by atoms with Crippen molar-refractivity contribution in [3.63, 3.8) is 0 Å². The van der Waals surface area contributed by atoms with Crippen LogP contribution in [0.5, 0.6) is 11.9 Å². The molecule has 2 saturated carbocycles. The molecule has 3 aromatic heterocycles. The van der Waals surface area contributed by atoms with Crippen LogP contribution in [0.3, 0.4) is 0 Å². The number of likely N-dealkylation sites (tertiary alicyclic amines) is 1. The molecular weight excluding hydrogens is 728 g/mol. The van der Waals surface area contributed by atoms with Gasteiger partial charge in [-0.25, -0.2) is 22.2 Å². The minimum Gasteiger partial charge on any atom is -0.480 e. The number of aromatic nitrogens is 5. The molecule has 2 aliphatic carbocycles. The van der Waals surface area contributed by atoms with E-state index in [0.29, 0.717) is 64.2 Å². The molecule has 16 heteroatoms. The van der Waals surface area contributed by atoms with Gasteiger partial charge in [-0.3, -0.25) is 10.00 Å². The Kier molecular flexibility index (Phi) is 8.37. The number of hydrogen-bond acceptors (Lipinski definition) is 11. The number of pyridine rings is 1. The van der Waals surface area contributed by atoms with E-state index >= 15 is 4.39 Å². The van der Waals surface area contributed by atoms with Crippen molar-refractivity contribution in [3.05, 3.63) is 28.7 Å². The molecule has 5 fully saturated rings. The van der Waals surface area contributed by atoms with E-state index in [9.17, 15) is 17.9 Å². The normalized spacial score (nSPS) is 28.3. The molecule has 0 bridgehead atoms. The lowest BCUT2D eigenvalue weighted by Crippen LogP contribution is -2.66. The highest BCUT2D eigenvalue weighted by Crippen LogP contribution is 2.56. The average Bonchev–Trinajstić information content (AvgIpc) is 3.77. The molecular formula is C37H44ClF2N7O5S. The van der Waals surface area contributed by atoms with Crippen LogP contribution in [0.15, 0.2) is 12.3 Å². The standard InChI is InChI=1S/C37H44ClF2N7O5S/c1-21-12-24-23(15-41-45-24)26(28(21)38)30-29(40)31-27(33(42-30)51-2)32(46-10-5-9-37(48,16-39)17-46)44-34(43-31)52-18-36-7-3-6-25(36)47(11-4-8-36)22-13-35(14-22)19-53(49,50)20-35/h12,15,22,25,48H,3-11,13-14,16-20H2,1-2H3,(H,41,45)/t25-,36-,37+/m1/s1. The van der Waals surface area contributed by atoms with E-state index in [2.05, 4.69) is 20.1 Å². The summed E-state index contributed by atoms with van der Waals surface area (Å²) in [4.78, 5) is 18.5. The highest BCUT2D eigenvalue weighted by Gasteiger charge is 2.60. The second kappa shape index (κ2) is 12.6. The van der Waals surface area contributed by atoms with Gasteiger partial charge in [0.05, 0.1) is 48.5 Å². The van der Waals surface area contributed by atoms with Crippen molar-refractivity contribution < 1.29 is 31.8 Å². The maximum absolute atomic E-state index is 17.2. The van der Waals surface area contributed by atoms with Gasteiger partial charge in [-0.15, -0.1) is 0 Å². The van der Waals surface area contributed by atoms with Crippen molar-refractivity contribution in [2.24, 2.45) is 10.8 Å². The number of ether oxygens (including phenoxy) is 2. The number of aliphatic hydroxyl groups is 1. The molecule has 0 unspecified atom stereocenters. The van der Waals surface area contributed by atoms with E-state index in [1.54, 1.807) is 11.1 Å². The molecule has 3 saturated heterocycles. The number of H-pyrrole nitrogens is 1. The number of hydrogen-bond donors (Lipinski definition) is 2. The first kappa shape index (κ1) is 35.3. The smallest absolute Gasteiger partial charge is 0.319 e. The van der Waals surface area contributed by atoms with E-state index in [1.165, 1.54) is 7.11 Å². The summed E-state index contributed by atoms with van der Waals surface area (Å²) < 4.78 is 67.7. The summed E-state index contributed by atoms with van der Waals surface area (Å²) in [5.74, 6) is 0.172. The third-order valence-electron chi connectivity index (χ3n) is 12.8. The lowest BCUT2D eigenvalue weighted by Gasteiger charge is -2.60.